The van der Waals surface area contributed by atoms with Crippen LogP contribution in [0.4, 0.5) is 0 Å². The summed E-state index contributed by atoms with van der Waals surface area (Å²) in [6, 6.07) is 0. The molecule has 0 rings (SSSR count). The van der Waals surface area contributed by atoms with Crippen molar-refractivity contribution in [1.82, 2.24) is 0 Å². The molecule has 0 fully saturated rings. The maximum Gasteiger partial charge on any atom is 0.134 e. The molecule has 0 N–H and O–H groups in total. The molecule has 0 atom stereocenters. The Morgan fingerprint density at radius 1 is 0.378 bits per heavy atom. The van der Waals surface area contributed by atoms with Gasteiger partial charge in [-0.3, -0.25) is 4.79 Å². The van der Waals surface area contributed by atoms with Gasteiger partial charge in [-0.15, -0.1) is 0 Å². The van der Waals surface area contributed by atoms with Crippen LogP contribution < -0.4 is 0 Å². The maximum atomic E-state index is 11.1. The number of hydrogen-bond donors (Lipinski definition) is 0. The van der Waals surface area contributed by atoms with Crippen LogP contribution in [0.2, 0.25) is 0 Å². The average Bonchev–Trinajstić information content (AvgIpc) is 3.05. The largest absolute Gasteiger partial charge is 0.379 e. The van der Waals surface area contributed by atoms with Crippen molar-refractivity contribution in [3.8, 4) is 0 Å². The standard InChI is InChI=1S/C30H60O13.C2H6/c1-4-30(31)5-6-32-7-8-33-9-10-34-11-12-35-13-14-36-15-16-37-17-18-38-19-20-39-21-22-40-23-24-41-25-26-42-27-28-43-29(2)3;1-2/h29H,4-28H2,1-3H3;1-2H3. The summed E-state index contributed by atoms with van der Waals surface area (Å²) in [4.78, 5) is 11.1. The second kappa shape index (κ2) is 43.2. The summed E-state index contributed by atoms with van der Waals surface area (Å²) >= 11 is 0. The normalized spacial score (nSPS) is 11.2. The lowest BCUT2D eigenvalue weighted by atomic mass is 10.2. The minimum absolute atomic E-state index is 0.215. The Morgan fingerprint density at radius 3 is 0.778 bits per heavy atom. The molecule has 0 aromatic rings. The van der Waals surface area contributed by atoms with E-state index in [0.717, 1.165) is 0 Å². The molecule has 272 valence electrons. The molecule has 0 aliphatic carbocycles. The smallest absolute Gasteiger partial charge is 0.134 e. The van der Waals surface area contributed by atoms with Crippen molar-refractivity contribution < 1.29 is 61.6 Å². The highest BCUT2D eigenvalue weighted by Gasteiger charge is 1.99. The molecule has 45 heavy (non-hydrogen) atoms. The van der Waals surface area contributed by atoms with Crippen LogP contribution in [-0.2, 0) is 61.6 Å². The van der Waals surface area contributed by atoms with Crippen LogP contribution in [0.25, 0.3) is 0 Å². The number of carbonyl (C=O) groups excluding carboxylic acids is 1. The molecule has 13 heteroatoms. The number of carbonyl (C=O) groups is 1. The van der Waals surface area contributed by atoms with Crippen molar-refractivity contribution in [3.05, 3.63) is 0 Å². The average molecular weight is 659 g/mol. The molecule has 0 amide bonds. The molecule has 0 aromatic heterocycles. The first-order chi connectivity index (χ1) is 22.2. The van der Waals surface area contributed by atoms with Gasteiger partial charge in [0, 0.05) is 12.8 Å². The molecular formula is C32H66O13. The monoisotopic (exact) mass is 658 g/mol. The van der Waals surface area contributed by atoms with E-state index in [9.17, 15) is 4.79 Å². The van der Waals surface area contributed by atoms with Crippen molar-refractivity contribution in [3.63, 3.8) is 0 Å². The van der Waals surface area contributed by atoms with Crippen LogP contribution >= 0.6 is 0 Å². The van der Waals surface area contributed by atoms with Gasteiger partial charge in [-0.2, -0.15) is 0 Å². The van der Waals surface area contributed by atoms with Gasteiger partial charge in [-0.1, -0.05) is 20.8 Å². The van der Waals surface area contributed by atoms with Gasteiger partial charge in [-0.25, -0.2) is 0 Å². The van der Waals surface area contributed by atoms with Crippen LogP contribution in [0.15, 0.2) is 0 Å². The Labute approximate surface area is 273 Å². The lowest BCUT2D eigenvalue weighted by molar-refractivity contribution is -0.120. The first kappa shape index (κ1) is 46.3. The SMILES string of the molecule is CC.CCC(=O)CCOCCOCCOCCOCCOCCOCCOCCOCCOCCOCCOCCOC(C)C. The van der Waals surface area contributed by atoms with Crippen molar-refractivity contribution in [2.75, 3.05) is 152 Å². The van der Waals surface area contributed by atoms with E-state index in [2.05, 4.69) is 0 Å². The third-order valence-electron chi connectivity index (χ3n) is 5.32. The molecule has 0 bridgehead atoms. The second-order valence-electron chi connectivity index (χ2n) is 9.30. The van der Waals surface area contributed by atoms with Gasteiger partial charge in [-0.05, 0) is 13.8 Å². The van der Waals surface area contributed by atoms with Crippen molar-refractivity contribution >= 4 is 5.78 Å². The van der Waals surface area contributed by atoms with Gasteiger partial charge in [0.25, 0.3) is 0 Å². The minimum Gasteiger partial charge on any atom is -0.379 e. The fraction of sp³-hybridized carbons (Fsp3) is 0.969. The van der Waals surface area contributed by atoms with E-state index >= 15 is 0 Å². The Balaban J connectivity index is 0. The Kier molecular flexibility index (Phi) is 44.4. The molecule has 0 aliphatic rings. The fourth-order valence-electron chi connectivity index (χ4n) is 3.01. The van der Waals surface area contributed by atoms with Crippen LogP contribution in [0.3, 0.4) is 0 Å². The van der Waals surface area contributed by atoms with Gasteiger partial charge < -0.3 is 56.8 Å². The summed E-state index contributed by atoms with van der Waals surface area (Å²) in [5.74, 6) is 0.215. The highest BCUT2D eigenvalue weighted by atomic mass is 16.6. The maximum absolute atomic E-state index is 11.1. The molecule has 0 aliphatic heterocycles. The van der Waals surface area contributed by atoms with Crippen molar-refractivity contribution in [1.29, 1.82) is 0 Å². The van der Waals surface area contributed by atoms with Gasteiger partial charge >= 0.3 is 0 Å². The van der Waals surface area contributed by atoms with E-state index in [-0.39, 0.29) is 11.9 Å². The second-order valence-corrected chi connectivity index (χ2v) is 9.30. The van der Waals surface area contributed by atoms with Crippen LogP contribution in [-0.4, -0.2) is 164 Å². The van der Waals surface area contributed by atoms with Gasteiger partial charge in [0.15, 0.2) is 0 Å². The minimum atomic E-state index is 0.215. The van der Waals surface area contributed by atoms with E-state index in [1.54, 1.807) is 0 Å². The van der Waals surface area contributed by atoms with Gasteiger partial charge in [0.05, 0.1) is 158 Å². The first-order valence-electron chi connectivity index (χ1n) is 16.6. The molecule has 0 unspecified atom stereocenters. The summed E-state index contributed by atoms with van der Waals surface area (Å²) in [7, 11) is 0. The first-order valence-corrected chi connectivity index (χ1v) is 16.6. The lowest BCUT2D eigenvalue weighted by Gasteiger charge is -2.09. The molecule has 0 saturated heterocycles. The van der Waals surface area contributed by atoms with Crippen LogP contribution in [0, 0.1) is 0 Å². The number of ether oxygens (including phenoxy) is 12. The van der Waals surface area contributed by atoms with E-state index in [4.69, 9.17) is 56.8 Å². The zero-order valence-electron chi connectivity index (χ0n) is 29.1. The molecule has 0 radical (unpaired) electrons. The topological polar surface area (TPSA) is 128 Å². The predicted octanol–water partition coefficient (Wildman–Crippen LogP) is 2.99. The molecule has 13 nitrogen and oxygen atoms in total. The molecule has 0 heterocycles. The summed E-state index contributed by atoms with van der Waals surface area (Å²) in [6.45, 7) is 21.7. The zero-order valence-corrected chi connectivity index (χ0v) is 29.1. The Morgan fingerprint density at radius 2 is 0.578 bits per heavy atom. The summed E-state index contributed by atoms with van der Waals surface area (Å²) in [5.41, 5.74) is 0. The van der Waals surface area contributed by atoms with Crippen LogP contribution in [0.5, 0.6) is 0 Å². The van der Waals surface area contributed by atoms with E-state index in [1.165, 1.54) is 0 Å². The highest BCUT2D eigenvalue weighted by Crippen LogP contribution is 1.91. The Bertz CT molecular complexity index is 541. The third-order valence-corrected chi connectivity index (χ3v) is 5.32. The highest BCUT2D eigenvalue weighted by molar-refractivity contribution is 5.78. The number of ketones is 1. The van der Waals surface area contributed by atoms with E-state index < -0.39 is 0 Å². The quantitative estimate of drug-likeness (QED) is 0.0903. The van der Waals surface area contributed by atoms with Gasteiger partial charge in [0.1, 0.15) is 5.78 Å². The molecular weight excluding hydrogens is 592 g/mol. The number of Topliss-reactive ketones (excluding diaryl/α,β-unsaturated/α-hetero) is 1. The molecule has 0 saturated carbocycles. The summed E-state index contributed by atoms with van der Waals surface area (Å²) in [6.07, 6.45) is 1.26. The Hall–Kier alpha value is -0.810. The molecule has 0 aromatic carbocycles. The van der Waals surface area contributed by atoms with Crippen molar-refractivity contribution in [2.24, 2.45) is 0 Å². The van der Waals surface area contributed by atoms with Crippen LogP contribution in [0.1, 0.15) is 47.5 Å². The number of hydrogen-bond acceptors (Lipinski definition) is 13. The molecule has 0 spiro atoms. The summed E-state index contributed by atoms with van der Waals surface area (Å²) < 4.78 is 65.2. The van der Waals surface area contributed by atoms with E-state index in [1.807, 2.05) is 34.6 Å². The predicted molar refractivity (Wildman–Crippen MR) is 171 cm³/mol. The summed E-state index contributed by atoms with van der Waals surface area (Å²) in [5, 5.41) is 0. The third kappa shape index (κ3) is 45.4. The number of rotatable bonds is 38. The van der Waals surface area contributed by atoms with Gasteiger partial charge in [0.2, 0.25) is 0 Å². The van der Waals surface area contributed by atoms with E-state index in [0.29, 0.717) is 165 Å². The lowest BCUT2D eigenvalue weighted by Crippen LogP contribution is -2.15. The van der Waals surface area contributed by atoms with Crippen molar-refractivity contribution in [2.45, 2.75) is 53.6 Å². The fourth-order valence-corrected chi connectivity index (χ4v) is 3.01. The zero-order chi connectivity index (χ0) is 33.3.